The van der Waals surface area contributed by atoms with Crippen LogP contribution in [0.2, 0.25) is 0 Å². The Morgan fingerprint density at radius 3 is 1.65 bits per heavy atom. The van der Waals surface area contributed by atoms with Gasteiger partial charge in [-0.05, 0) is 50.2 Å². The maximum absolute atomic E-state index is 14.6. The molecule has 0 spiro atoms. The second kappa shape index (κ2) is 27.1. The van der Waals surface area contributed by atoms with Crippen LogP contribution in [0.5, 0.6) is 0 Å². The maximum Gasteiger partial charge on any atom is 0.328 e. The van der Waals surface area contributed by atoms with Gasteiger partial charge in [0.2, 0.25) is 53.2 Å². The number of hydrogen-bond acceptors (Lipinski definition) is 13. The van der Waals surface area contributed by atoms with Crippen LogP contribution in [-0.2, 0) is 60.8 Å². The summed E-state index contributed by atoms with van der Waals surface area (Å²) in [6.45, 7) is 5.78. The van der Waals surface area contributed by atoms with Crippen molar-refractivity contribution in [1.29, 1.82) is 0 Å². The topological polar surface area (TPSA) is 385 Å². The minimum Gasteiger partial charge on any atom is -0.480 e. The maximum atomic E-state index is 14.6. The Kier molecular flexibility index (Phi) is 22.2. The molecule has 0 aliphatic carbocycles. The van der Waals surface area contributed by atoms with E-state index in [9.17, 15) is 63.3 Å². The number of carbonyl (C=O) groups excluding carboxylic acids is 9. The Morgan fingerprint density at radius 2 is 1.14 bits per heavy atom. The van der Waals surface area contributed by atoms with Gasteiger partial charge in [-0.2, -0.15) is 0 Å². The Labute approximate surface area is 399 Å². The van der Waals surface area contributed by atoms with Crippen molar-refractivity contribution in [2.24, 2.45) is 23.1 Å². The van der Waals surface area contributed by atoms with Crippen LogP contribution in [-0.4, -0.2) is 146 Å². The molecule has 9 amide bonds. The first-order chi connectivity index (χ1) is 32.5. The predicted octanol–water partition coefficient (Wildman–Crippen LogP) is -3.27. The number of rotatable bonds is 27. The highest BCUT2D eigenvalue weighted by atomic mass is 16.4. The summed E-state index contributed by atoms with van der Waals surface area (Å²) < 4.78 is 0. The van der Waals surface area contributed by atoms with Gasteiger partial charge in [0.05, 0.1) is 18.6 Å². The number of hydrogen-bond donors (Lipinski definition) is 12. The van der Waals surface area contributed by atoms with E-state index in [0.29, 0.717) is 24.0 Å². The van der Waals surface area contributed by atoms with Crippen molar-refractivity contribution in [2.45, 2.75) is 140 Å². The van der Waals surface area contributed by atoms with Crippen LogP contribution < -0.4 is 49.1 Å². The zero-order chi connectivity index (χ0) is 51.5. The first-order valence-corrected chi connectivity index (χ1v) is 22.7. The number of likely N-dealkylation sites (tertiary alicyclic amines) is 1. The molecule has 1 saturated heterocycles. The third-order valence-electron chi connectivity index (χ3n) is 11.7. The first-order valence-electron chi connectivity index (χ1n) is 22.7. The van der Waals surface area contributed by atoms with Gasteiger partial charge in [0.15, 0.2) is 6.04 Å². The van der Waals surface area contributed by atoms with E-state index in [1.807, 2.05) is 0 Å². The number of benzene rings is 2. The molecular formula is C46H66N10O13. The predicted molar refractivity (Wildman–Crippen MR) is 247 cm³/mol. The van der Waals surface area contributed by atoms with E-state index in [-0.39, 0.29) is 32.2 Å². The van der Waals surface area contributed by atoms with Crippen LogP contribution in [0.3, 0.4) is 0 Å². The fourth-order valence-corrected chi connectivity index (χ4v) is 7.47. The molecule has 1 aliphatic rings. The van der Waals surface area contributed by atoms with Crippen molar-refractivity contribution >= 4 is 59.1 Å². The minimum absolute atomic E-state index is 0.0113. The summed E-state index contributed by atoms with van der Waals surface area (Å²) >= 11 is 0. The van der Waals surface area contributed by atoms with Crippen LogP contribution in [0.1, 0.15) is 77.3 Å². The number of amides is 9. The largest absolute Gasteiger partial charge is 0.480 e. The summed E-state index contributed by atoms with van der Waals surface area (Å²) in [5.74, 6) is -10.2. The molecule has 1 fully saturated rings. The van der Waals surface area contributed by atoms with E-state index >= 15 is 0 Å². The standard InChI is InChI=1S/C46H66N10O13/c1-5-24(2)37(44(66)55-38(26(4)58)46(68)69)54-39(61)29(18-19-34(47)59)50-42(64)33-17-12-20-56(33)45(67)32(22-28-15-10-7-11-16-28)53-41(63)31(23-35(48)60)51-40(62)30(21-27-13-8-6-9-14-27)52-43(65)36(49)25(3)57/h6-11,13-16,24-26,29-33,36-38,57-58H,5,12,17-23,49H2,1-4H3,(H2,47,59)(H2,48,60)(H,50,64)(H,51,62)(H,52,65)(H,53,63)(H,54,61)(H,55,66)(H,68,69)/t24-,25+,26+,29-,30-,31-,32-,33-,36-,37-,38-/m0/s1. The third kappa shape index (κ3) is 17.6. The number of nitrogens with one attached hydrogen (secondary N) is 6. The lowest BCUT2D eigenvalue weighted by Gasteiger charge is -2.31. The molecule has 69 heavy (non-hydrogen) atoms. The van der Waals surface area contributed by atoms with Gasteiger partial charge in [0.1, 0.15) is 42.3 Å². The summed E-state index contributed by atoms with van der Waals surface area (Å²) in [4.78, 5) is 134. The third-order valence-corrected chi connectivity index (χ3v) is 11.7. The van der Waals surface area contributed by atoms with Crippen LogP contribution in [0.4, 0.5) is 0 Å². The summed E-state index contributed by atoms with van der Waals surface area (Å²) in [5, 5.41) is 44.2. The van der Waals surface area contributed by atoms with E-state index in [4.69, 9.17) is 17.2 Å². The smallest absolute Gasteiger partial charge is 0.328 e. The molecule has 0 aromatic heterocycles. The second-order valence-corrected chi connectivity index (χ2v) is 17.2. The molecule has 2 aromatic carbocycles. The molecule has 23 nitrogen and oxygen atoms in total. The van der Waals surface area contributed by atoms with Crippen LogP contribution in [0.15, 0.2) is 60.7 Å². The van der Waals surface area contributed by atoms with Gasteiger partial charge in [-0.3, -0.25) is 43.2 Å². The molecule has 0 saturated carbocycles. The number of nitrogens with zero attached hydrogens (tertiary/aromatic N) is 1. The second-order valence-electron chi connectivity index (χ2n) is 17.2. The van der Waals surface area contributed by atoms with Gasteiger partial charge in [0.25, 0.3) is 0 Å². The van der Waals surface area contributed by atoms with Crippen molar-refractivity contribution in [3.8, 4) is 0 Å². The van der Waals surface area contributed by atoms with Crippen LogP contribution >= 0.6 is 0 Å². The number of carbonyl (C=O) groups is 10. The fraction of sp³-hybridized carbons (Fsp3) is 0.522. The molecule has 2 aromatic rings. The number of primary amides is 2. The monoisotopic (exact) mass is 966 g/mol. The van der Waals surface area contributed by atoms with Gasteiger partial charge in [-0.1, -0.05) is 80.9 Å². The number of aliphatic hydroxyl groups excluding tert-OH is 2. The van der Waals surface area contributed by atoms with E-state index in [2.05, 4.69) is 31.9 Å². The molecule has 23 heteroatoms. The highest BCUT2D eigenvalue weighted by molar-refractivity contribution is 5.99. The average molecular weight is 967 g/mol. The summed E-state index contributed by atoms with van der Waals surface area (Å²) in [5.41, 5.74) is 17.9. The van der Waals surface area contributed by atoms with E-state index < -0.39 is 138 Å². The molecule has 0 bridgehead atoms. The SMILES string of the molecule is CC[C@H](C)[C@H](NC(=O)[C@H](CCC(N)=O)NC(=O)[C@@H]1CCCN1C(=O)[C@H](Cc1ccccc1)NC(=O)[C@H](CC(N)=O)NC(=O)[C@H](Cc1ccccc1)NC(=O)[C@@H](N)[C@@H](C)O)C(=O)N[C@H](C(=O)O)[C@@H](C)O. The van der Waals surface area contributed by atoms with Gasteiger partial charge < -0.3 is 69.3 Å². The summed E-state index contributed by atoms with van der Waals surface area (Å²) in [6.07, 6.45) is -3.78. The number of carboxylic acids is 1. The molecule has 378 valence electrons. The van der Waals surface area contributed by atoms with Crippen molar-refractivity contribution in [3.05, 3.63) is 71.8 Å². The molecule has 3 rings (SSSR count). The highest BCUT2D eigenvalue weighted by Crippen LogP contribution is 2.21. The van der Waals surface area contributed by atoms with Crippen molar-refractivity contribution < 1.29 is 63.3 Å². The Balaban J connectivity index is 1.92. The quantitative estimate of drug-likeness (QED) is 0.0418. The minimum atomic E-state index is -1.71. The van der Waals surface area contributed by atoms with Gasteiger partial charge in [-0.25, -0.2) is 4.79 Å². The molecule has 11 atom stereocenters. The normalized spacial score (nSPS) is 17.7. The average Bonchev–Trinajstić information content (AvgIpc) is 3.80. The Morgan fingerprint density at radius 1 is 0.638 bits per heavy atom. The number of aliphatic carboxylic acids is 1. The van der Waals surface area contributed by atoms with Gasteiger partial charge in [-0.15, -0.1) is 0 Å². The molecular weight excluding hydrogens is 901 g/mol. The molecule has 15 N–H and O–H groups in total. The summed E-state index contributed by atoms with van der Waals surface area (Å²) in [6, 6.07) is 5.26. The lowest BCUT2D eigenvalue weighted by molar-refractivity contribution is -0.145. The van der Waals surface area contributed by atoms with E-state index in [1.165, 1.54) is 11.8 Å². The zero-order valence-electron chi connectivity index (χ0n) is 39.1. The van der Waals surface area contributed by atoms with E-state index in [1.54, 1.807) is 74.5 Å². The summed E-state index contributed by atoms with van der Waals surface area (Å²) in [7, 11) is 0. The van der Waals surface area contributed by atoms with Gasteiger partial charge in [0, 0.05) is 25.8 Å². The molecule has 0 unspecified atom stereocenters. The zero-order valence-corrected chi connectivity index (χ0v) is 39.1. The number of carboxylic acid groups (broad SMARTS) is 1. The van der Waals surface area contributed by atoms with E-state index in [0.717, 1.165) is 6.92 Å². The molecule has 1 heterocycles. The number of nitrogens with two attached hydrogens (primary N) is 3. The molecule has 1 aliphatic heterocycles. The van der Waals surface area contributed by atoms with Crippen molar-refractivity contribution in [1.82, 2.24) is 36.8 Å². The first kappa shape index (κ1) is 56.3. The van der Waals surface area contributed by atoms with Gasteiger partial charge >= 0.3 is 5.97 Å². The lowest BCUT2D eigenvalue weighted by Crippen LogP contribution is -2.61. The van der Waals surface area contributed by atoms with Crippen LogP contribution in [0, 0.1) is 5.92 Å². The Bertz CT molecular complexity index is 2130. The number of aliphatic hydroxyl groups is 2. The van der Waals surface area contributed by atoms with Crippen molar-refractivity contribution in [2.75, 3.05) is 6.54 Å². The fourth-order valence-electron chi connectivity index (χ4n) is 7.47. The lowest BCUT2D eigenvalue weighted by atomic mass is 9.96. The highest BCUT2D eigenvalue weighted by Gasteiger charge is 2.41. The van der Waals surface area contributed by atoms with Crippen molar-refractivity contribution in [3.63, 3.8) is 0 Å². The van der Waals surface area contributed by atoms with Crippen LogP contribution in [0.25, 0.3) is 0 Å². The molecule has 0 radical (unpaired) electrons. The Hall–Kier alpha value is -6.98.